The number of thioether (sulfide) groups is 1. The van der Waals surface area contributed by atoms with Gasteiger partial charge >= 0.3 is 5.97 Å². The second kappa shape index (κ2) is 10.3. The number of nitrogens with one attached hydrogen (secondary N) is 1. The van der Waals surface area contributed by atoms with E-state index in [0.29, 0.717) is 30.7 Å². The molecule has 2 amide bonds. The van der Waals surface area contributed by atoms with Crippen molar-refractivity contribution in [2.24, 2.45) is 5.92 Å². The number of benzene rings is 1. The van der Waals surface area contributed by atoms with E-state index in [-0.39, 0.29) is 23.2 Å². The highest BCUT2D eigenvalue weighted by Gasteiger charge is 2.37. The fraction of sp³-hybridized carbons (Fsp3) is 0.500. The van der Waals surface area contributed by atoms with Gasteiger partial charge in [-0.1, -0.05) is 30.8 Å². The van der Waals surface area contributed by atoms with Gasteiger partial charge in [-0.15, -0.1) is 0 Å². The van der Waals surface area contributed by atoms with Crippen LogP contribution in [0.2, 0.25) is 0 Å². The Bertz CT molecular complexity index is 767. The molecule has 1 aliphatic heterocycles. The molecular formula is C20H26N2O6S. The van der Waals surface area contributed by atoms with Crippen molar-refractivity contribution < 1.29 is 29.4 Å². The second-order valence-electron chi connectivity index (χ2n) is 7.16. The van der Waals surface area contributed by atoms with Crippen molar-refractivity contribution in [3.63, 3.8) is 0 Å². The molecule has 3 atom stereocenters. The van der Waals surface area contributed by atoms with Gasteiger partial charge in [0.15, 0.2) is 5.12 Å². The van der Waals surface area contributed by atoms with Crippen LogP contribution in [0.1, 0.15) is 32.3 Å². The predicted molar refractivity (Wildman–Crippen MR) is 108 cm³/mol. The summed E-state index contributed by atoms with van der Waals surface area (Å²) >= 11 is 1.07. The van der Waals surface area contributed by atoms with E-state index in [0.717, 1.165) is 11.8 Å². The van der Waals surface area contributed by atoms with E-state index in [2.05, 4.69) is 5.32 Å². The second-order valence-corrected chi connectivity index (χ2v) is 8.36. The van der Waals surface area contributed by atoms with Crippen LogP contribution in [0.15, 0.2) is 24.3 Å². The Labute approximate surface area is 173 Å². The van der Waals surface area contributed by atoms with Gasteiger partial charge < -0.3 is 20.4 Å². The zero-order chi connectivity index (χ0) is 21.6. The molecule has 9 heteroatoms. The molecule has 0 spiro atoms. The number of carboxylic acids is 1. The Morgan fingerprint density at radius 2 is 1.90 bits per heavy atom. The topological polar surface area (TPSA) is 124 Å². The van der Waals surface area contributed by atoms with Crippen molar-refractivity contribution in [1.82, 2.24) is 10.2 Å². The summed E-state index contributed by atoms with van der Waals surface area (Å²) in [5.74, 6) is -1.87. The van der Waals surface area contributed by atoms with Crippen LogP contribution < -0.4 is 5.32 Å². The number of aromatic hydroxyl groups is 1. The summed E-state index contributed by atoms with van der Waals surface area (Å²) in [5.41, 5.74) is 0.657. The zero-order valence-electron chi connectivity index (χ0n) is 16.5. The first-order chi connectivity index (χ1) is 13.7. The summed E-state index contributed by atoms with van der Waals surface area (Å²) in [5, 5.41) is 21.3. The third-order valence-electron chi connectivity index (χ3n) is 4.79. The van der Waals surface area contributed by atoms with Crippen LogP contribution in [0.25, 0.3) is 0 Å². The number of hydrogen-bond acceptors (Lipinski definition) is 6. The lowest BCUT2D eigenvalue weighted by atomic mass is 10.0. The van der Waals surface area contributed by atoms with Crippen LogP contribution in [-0.2, 0) is 25.6 Å². The van der Waals surface area contributed by atoms with E-state index >= 15 is 0 Å². The summed E-state index contributed by atoms with van der Waals surface area (Å²) < 4.78 is 0. The summed E-state index contributed by atoms with van der Waals surface area (Å²) in [6.07, 6.45) is 1.19. The maximum Gasteiger partial charge on any atom is 0.326 e. The molecule has 0 saturated carbocycles. The van der Waals surface area contributed by atoms with Crippen LogP contribution in [-0.4, -0.2) is 62.4 Å². The molecule has 1 fully saturated rings. The Morgan fingerprint density at radius 3 is 2.48 bits per heavy atom. The molecule has 1 aromatic carbocycles. The summed E-state index contributed by atoms with van der Waals surface area (Å²) in [6, 6.07) is 4.24. The van der Waals surface area contributed by atoms with E-state index < -0.39 is 29.9 Å². The monoisotopic (exact) mass is 422 g/mol. The van der Waals surface area contributed by atoms with Gasteiger partial charge in [0.25, 0.3) is 0 Å². The Kier molecular flexibility index (Phi) is 8.07. The van der Waals surface area contributed by atoms with Crippen molar-refractivity contribution in [2.75, 3.05) is 12.3 Å². The van der Waals surface area contributed by atoms with Crippen molar-refractivity contribution in [3.8, 4) is 5.75 Å². The first-order valence-electron chi connectivity index (χ1n) is 9.44. The number of aliphatic carboxylic acids is 1. The van der Waals surface area contributed by atoms with E-state index in [1.165, 1.54) is 24.0 Å². The molecule has 3 N–H and O–H groups in total. The molecule has 8 nitrogen and oxygen atoms in total. The third kappa shape index (κ3) is 6.49. The number of rotatable bonds is 8. The van der Waals surface area contributed by atoms with Crippen LogP contribution >= 0.6 is 11.8 Å². The lowest BCUT2D eigenvalue weighted by Gasteiger charge is -2.27. The Morgan fingerprint density at radius 1 is 1.24 bits per heavy atom. The summed E-state index contributed by atoms with van der Waals surface area (Å²) in [6.45, 7) is 3.59. The molecule has 0 unspecified atom stereocenters. The van der Waals surface area contributed by atoms with Gasteiger partial charge in [-0.05, 0) is 30.5 Å². The molecule has 1 heterocycles. The molecule has 29 heavy (non-hydrogen) atoms. The number of hydrogen-bond donors (Lipinski definition) is 3. The number of carbonyl (C=O) groups excluding carboxylic acids is 3. The molecule has 0 aliphatic carbocycles. The lowest BCUT2D eigenvalue weighted by Crippen LogP contribution is -2.52. The number of phenolic OH excluding ortho intramolecular Hbond substituents is 1. The minimum Gasteiger partial charge on any atom is -0.508 e. The van der Waals surface area contributed by atoms with Crippen LogP contribution in [0.4, 0.5) is 0 Å². The van der Waals surface area contributed by atoms with E-state index in [1.807, 2.05) is 0 Å². The van der Waals surface area contributed by atoms with Gasteiger partial charge in [-0.2, -0.15) is 0 Å². The van der Waals surface area contributed by atoms with Crippen LogP contribution in [0.5, 0.6) is 5.75 Å². The van der Waals surface area contributed by atoms with Gasteiger partial charge in [0.2, 0.25) is 11.8 Å². The van der Waals surface area contributed by atoms with Gasteiger partial charge in [-0.3, -0.25) is 14.4 Å². The quantitative estimate of drug-likeness (QED) is 0.579. The number of carboxylic acid groups (broad SMARTS) is 1. The average Bonchev–Trinajstić information content (AvgIpc) is 3.16. The van der Waals surface area contributed by atoms with Crippen LogP contribution in [0, 0.1) is 5.92 Å². The highest BCUT2D eigenvalue weighted by molar-refractivity contribution is 8.13. The average molecular weight is 423 g/mol. The predicted octanol–water partition coefficient (Wildman–Crippen LogP) is 1.41. The number of likely N-dealkylation sites (tertiary alicyclic amines) is 1. The van der Waals surface area contributed by atoms with E-state index in [4.69, 9.17) is 0 Å². The van der Waals surface area contributed by atoms with Crippen molar-refractivity contribution in [1.29, 1.82) is 0 Å². The zero-order valence-corrected chi connectivity index (χ0v) is 17.3. The van der Waals surface area contributed by atoms with Gasteiger partial charge in [0.05, 0.1) is 0 Å². The van der Waals surface area contributed by atoms with Crippen LogP contribution in [0.3, 0.4) is 0 Å². The number of nitrogens with zero attached hydrogens (tertiary/aromatic N) is 1. The third-order valence-corrected chi connectivity index (χ3v) is 5.86. The largest absolute Gasteiger partial charge is 0.508 e. The van der Waals surface area contributed by atoms with Crippen molar-refractivity contribution >= 4 is 34.7 Å². The first-order valence-corrected chi connectivity index (χ1v) is 10.4. The SMILES string of the molecule is CC(=O)SC[C@@H](C)C(=O)N1CCC[C@H]1C(=O)N[C@@H](Cc1ccc(O)cc1)C(=O)O. The molecule has 1 aliphatic rings. The maximum atomic E-state index is 12.7. The van der Waals surface area contributed by atoms with Crippen molar-refractivity contribution in [2.45, 2.75) is 45.2 Å². The highest BCUT2D eigenvalue weighted by Crippen LogP contribution is 2.22. The van der Waals surface area contributed by atoms with E-state index in [9.17, 15) is 29.4 Å². The Hall–Kier alpha value is -2.55. The molecule has 158 valence electrons. The highest BCUT2D eigenvalue weighted by atomic mass is 32.2. The number of carbonyl (C=O) groups is 4. The minimum absolute atomic E-state index is 0.0632. The van der Waals surface area contributed by atoms with Gasteiger partial charge in [0.1, 0.15) is 17.8 Å². The Balaban J connectivity index is 2.02. The number of amides is 2. The van der Waals surface area contributed by atoms with E-state index in [1.54, 1.807) is 19.1 Å². The number of phenols is 1. The normalized spacial score (nSPS) is 18.1. The first kappa shape index (κ1) is 22.7. The standard InChI is InChI=1S/C20H26N2O6S/c1-12(11-29-13(2)23)19(26)22-9-3-4-17(22)18(25)21-16(20(27)28)10-14-5-7-15(24)8-6-14/h5-8,12,16-17,24H,3-4,9-11H2,1-2H3,(H,21,25)(H,27,28)/t12-,16+,17+/m1/s1. The van der Waals surface area contributed by atoms with Gasteiger partial charge in [0, 0.05) is 31.6 Å². The maximum absolute atomic E-state index is 12.7. The fourth-order valence-electron chi connectivity index (χ4n) is 3.24. The summed E-state index contributed by atoms with van der Waals surface area (Å²) in [4.78, 5) is 49.7. The molecule has 0 radical (unpaired) electrons. The molecule has 1 aromatic rings. The van der Waals surface area contributed by atoms with Crippen molar-refractivity contribution in [3.05, 3.63) is 29.8 Å². The van der Waals surface area contributed by atoms with Gasteiger partial charge in [-0.25, -0.2) is 4.79 Å². The molecule has 1 saturated heterocycles. The molecule has 0 bridgehead atoms. The lowest BCUT2D eigenvalue weighted by molar-refractivity contribution is -0.144. The minimum atomic E-state index is -1.17. The molecule has 0 aromatic heterocycles. The molecule has 2 rings (SSSR count). The summed E-state index contributed by atoms with van der Waals surface area (Å²) in [7, 11) is 0. The smallest absolute Gasteiger partial charge is 0.326 e. The fourth-order valence-corrected chi connectivity index (χ4v) is 3.86. The molecular weight excluding hydrogens is 396 g/mol.